The molecule has 1 amide bonds. The quantitative estimate of drug-likeness (QED) is 0.852. The van der Waals surface area contributed by atoms with E-state index in [1.807, 2.05) is 4.57 Å². The van der Waals surface area contributed by atoms with Gasteiger partial charge in [0.2, 0.25) is 5.91 Å². The first-order valence-corrected chi connectivity index (χ1v) is 8.20. The summed E-state index contributed by atoms with van der Waals surface area (Å²) in [4.78, 5) is 19.3. The predicted octanol–water partition coefficient (Wildman–Crippen LogP) is 3.44. The second-order valence-corrected chi connectivity index (χ2v) is 6.73. The van der Waals surface area contributed by atoms with Crippen LogP contribution in [0.5, 0.6) is 0 Å². The van der Waals surface area contributed by atoms with Crippen molar-refractivity contribution in [3.63, 3.8) is 0 Å². The van der Waals surface area contributed by atoms with E-state index in [0.717, 1.165) is 23.9 Å². The fraction of sp³-hybridized carbons (Fsp3) is 0.556. The molecule has 2 aromatic rings. The van der Waals surface area contributed by atoms with Gasteiger partial charge in [0.25, 0.3) is 0 Å². The SMILES string of the molecule is Cc1cc2ncn(CC(=O)N3[C@H](C)CCC[C@@H]3C)c2cc1C. The normalized spacial score (nSPS) is 22.3. The molecule has 0 unspecified atom stereocenters. The molecule has 1 aromatic heterocycles. The van der Waals surface area contributed by atoms with Gasteiger partial charge in [-0.1, -0.05) is 0 Å². The average Bonchev–Trinajstić information content (AvgIpc) is 2.81. The van der Waals surface area contributed by atoms with Gasteiger partial charge in [-0.15, -0.1) is 0 Å². The van der Waals surface area contributed by atoms with Crippen LogP contribution in [-0.2, 0) is 11.3 Å². The van der Waals surface area contributed by atoms with E-state index < -0.39 is 0 Å². The topological polar surface area (TPSA) is 38.1 Å². The van der Waals surface area contributed by atoms with Crippen molar-refractivity contribution < 1.29 is 4.79 Å². The molecule has 118 valence electrons. The lowest BCUT2D eigenvalue weighted by Crippen LogP contribution is -2.48. The van der Waals surface area contributed by atoms with Crippen LogP contribution in [0.15, 0.2) is 18.5 Å². The first-order chi connectivity index (χ1) is 10.5. The van der Waals surface area contributed by atoms with Crippen LogP contribution < -0.4 is 0 Å². The van der Waals surface area contributed by atoms with Gasteiger partial charge in [0.1, 0.15) is 6.54 Å². The Labute approximate surface area is 132 Å². The summed E-state index contributed by atoms with van der Waals surface area (Å²) in [5, 5.41) is 0. The van der Waals surface area contributed by atoms with E-state index in [1.165, 1.54) is 17.5 Å². The summed E-state index contributed by atoms with van der Waals surface area (Å²) in [7, 11) is 0. The Balaban J connectivity index is 1.86. The number of aromatic nitrogens is 2. The number of nitrogens with zero attached hydrogens (tertiary/aromatic N) is 3. The van der Waals surface area contributed by atoms with Crippen LogP contribution in [0.3, 0.4) is 0 Å². The maximum Gasteiger partial charge on any atom is 0.243 e. The van der Waals surface area contributed by atoms with E-state index in [0.29, 0.717) is 18.6 Å². The highest BCUT2D eigenvalue weighted by Crippen LogP contribution is 2.24. The van der Waals surface area contributed by atoms with Crippen LogP contribution in [0.2, 0.25) is 0 Å². The average molecular weight is 299 g/mol. The van der Waals surface area contributed by atoms with Gasteiger partial charge in [0, 0.05) is 12.1 Å². The molecule has 2 heterocycles. The molecule has 0 saturated carbocycles. The van der Waals surface area contributed by atoms with E-state index in [-0.39, 0.29) is 5.91 Å². The number of benzene rings is 1. The number of imidazole rings is 1. The highest BCUT2D eigenvalue weighted by Gasteiger charge is 2.29. The Hall–Kier alpha value is -1.84. The molecule has 4 nitrogen and oxygen atoms in total. The number of carbonyl (C=O) groups excluding carboxylic acids is 1. The zero-order valence-corrected chi connectivity index (χ0v) is 14.0. The highest BCUT2D eigenvalue weighted by molar-refractivity contribution is 5.82. The number of amides is 1. The molecule has 2 atom stereocenters. The standard InChI is InChI=1S/C18H25N3O/c1-12-8-16-17(9-13(12)2)20(11-19-16)10-18(22)21-14(3)6-5-7-15(21)4/h8-9,11,14-15H,5-7,10H2,1-4H3/t14-,15+. The van der Waals surface area contributed by atoms with Crippen molar-refractivity contribution in [2.24, 2.45) is 0 Å². The minimum atomic E-state index is 0.206. The summed E-state index contributed by atoms with van der Waals surface area (Å²) in [5.74, 6) is 0.206. The second-order valence-electron chi connectivity index (χ2n) is 6.73. The molecule has 1 saturated heterocycles. The third-order valence-electron chi connectivity index (χ3n) is 5.02. The summed E-state index contributed by atoms with van der Waals surface area (Å²) < 4.78 is 1.98. The molecule has 0 N–H and O–H groups in total. The molecule has 0 aliphatic carbocycles. The van der Waals surface area contributed by atoms with E-state index >= 15 is 0 Å². The Morgan fingerprint density at radius 3 is 2.50 bits per heavy atom. The van der Waals surface area contributed by atoms with E-state index in [1.54, 1.807) is 6.33 Å². The van der Waals surface area contributed by atoms with Crippen molar-refractivity contribution in [2.75, 3.05) is 0 Å². The minimum absolute atomic E-state index is 0.206. The fourth-order valence-electron chi connectivity index (χ4n) is 3.58. The molecule has 0 radical (unpaired) electrons. The third-order valence-corrected chi connectivity index (χ3v) is 5.02. The number of rotatable bonds is 2. The minimum Gasteiger partial charge on any atom is -0.336 e. The summed E-state index contributed by atoms with van der Waals surface area (Å²) in [6.45, 7) is 8.90. The molecule has 0 bridgehead atoms. The Morgan fingerprint density at radius 2 is 1.82 bits per heavy atom. The lowest BCUT2D eigenvalue weighted by atomic mass is 9.97. The first kappa shape index (κ1) is 15.1. The number of likely N-dealkylation sites (tertiary alicyclic amines) is 1. The summed E-state index contributed by atoms with van der Waals surface area (Å²) in [6.07, 6.45) is 5.23. The van der Waals surface area contributed by atoms with Crippen LogP contribution in [0.4, 0.5) is 0 Å². The summed E-state index contributed by atoms with van der Waals surface area (Å²) in [5.41, 5.74) is 4.49. The molecule has 1 fully saturated rings. The Kier molecular flexibility index (Phi) is 3.94. The predicted molar refractivity (Wildman–Crippen MR) is 88.8 cm³/mol. The van der Waals surface area contributed by atoms with E-state index in [2.05, 4.69) is 49.7 Å². The second kappa shape index (κ2) is 5.75. The van der Waals surface area contributed by atoms with E-state index in [9.17, 15) is 4.79 Å². The smallest absolute Gasteiger partial charge is 0.243 e. The van der Waals surface area contributed by atoms with E-state index in [4.69, 9.17) is 0 Å². The third kappa shape index (κ3) is 2.62. The fourth-order valence-corrected chi connectivity index (χ4v) is 3.58. The monoisotopic (exact) mass is 299 g/mol. The molecule has 0 spiro atoms. The molecule has 1 aliphatic rings. The van der Waals surface area contributed by atoms with Crippen LogP contribution in [0.1, 0.15) is 44.2 Å². The van der Waals surface area contributed by atoms with Crippen molar-refractivity contribution in [3.05, 3.63) is 29.6 Å². The number of carbonyl (C=O) groups is 1. The lowest BCUT2D eigenvalue weighted by molar-refractivity contribution is -0.137. The molecule has 1 aromatic carbocycles. The van der Waals surface area contributed by atoms with Gasteiger partial charge in [-0.2, -0.15) is 0 Å². The molecular formula is C18H25N3O. The first-order valence-electron chi connectivity index (χ1n) is 8.20. The number of aryl methyl sites for hydroxylation is 2. The van der Waals surface area contributed by atoms with Crippen LogP contribution in [-0.4, -0.2) is 32.4 Å². The van der Waals surface area contributed by atoms with Gasteiger partial charge in [-0.25, -0.2) is 4.98 Å². The van der Waals surface area contributed by atoms with Gasteiger partial charge in [0.15, 0.2) is 0 Å². The van der Waals surface area contributed by atoms with Gasteiger partial charge >= 0.3 is 0 Å². The van der Waals surface area contributed by atoms with Gasteiger partial charge in [-0.3, -0.25) is 4.79 Å². The number of hydrogen-bond donors (Lipinski definition) is 0. The summed E-state index contributed by atoms with van der Waals surface area (Å²) in [6, 6.07) is 4.91. The Morgan fingerprint density at radius 1 is 1.18 bits per heavy atom. The van der Waals surface area contributed by atoms with Crippen LogP contribution >= 0.6 is 0 Å². The van der Waals surface area contributed by atoms with Crippen molar-refractivity contribution in [1.29, 1.82) is 0 Å². The maximum atomic E-state index is 12.8. The zero-order valence-electron chi connectivity index (χ0n) is 14.0. The van der Waals surface area contributed by atoms with Crippen molar-refractivity contribution in [1.82, 2.24) is 14.5 Å². The summed E-state index contributed by atoms with van der Waals surface area (Å²) >= 11 is 0. The zero-order chi connectivity index (χ0) is 15.9. The number of fused-ring (bicyclic) bond motifs is 1. The largest absolute Gasteiger partial charge is 0.336 e. The lowest BCUT2D eigenvalue weighted by Gasteiger charge is -2.39. The molecule has 4 heteroatoms. The highest BCUT2D eigenvalue weighted by atomic mass is 16.2. The maximum absolute atomic E-state index is 12.8. The van der Waals surface area contributed by atoms with Gasteiger partial charge in [0.05, 0.1) is 17.4 Å². The van der Waals surface area contributed by atoms with Crippen LogP contribution in [0, 0.1) is 13.8 Å². The van der Waals surface area contributed by atoms with Crippen molar-refractivity contribution in [3.8, 4) is 0 Å². The molecule has 1 aliphatic heterocycles. The number of piperidine rings is 1. The van der Waals surface area contributed by atoms with Gasteiger partial charge < -0.3 is 9.47 Å². The van der Waals surface area contributed by atoms with Crippen LogP contribution in [0.25, 0.3) is 11.0 Å². The number of hydrogen-bond acceptors (Lipinski definition) is 2. The van der Waals surface area contributed by atoms with Gasteiger partial charge in [-0.05, 0) is 70.2 Å². The van der Waals surface area contributed by atoms with Crippen molar-refractivity contribution >= 4 is 16.9 Å². The Bertz CT molecular complexity index is 694. The molecular weight excluding hydrogens is 274 g/mol. The molecule has 22 heavy (non-hydrogen) atoms. The molecule has 3 rings (SSSR count). The van der Waals surface area contributed by atoms with Crippen molar-refractivity contribution in [2.45, 2.75) is 65.6 Å².